The Morgan fingerprint density at radius 2 is 1.90 bits per heavy atom. The summed E-state index contributed by atoms with van der Waals surface area (Å²) in [7, 11) is 1.70. The second-order valence-corrected chi connectivity index (χ2v) is 6.65. The summed E-state index contributed by atoms with van der Waals surface area (Å²) in [5.41, 5.74) is 3.37. The van der Waals surface area contributed by atoms with Crippen molar-refractivity contribution in [2.75, 3.05) is 17.3 Å². The molecule has 0 aliphatic carbocycles. The Morgan fingerprint density at radius 1 is 1.17 bits per heavy atom. The van der Waals surface area contributed by atoms with E-state index >= 15 is 0 Å². The summed E-state index contributed by atoms with van der Waals surface area (Å²) < 4.78 is 2.03. The lowest BCUT2D eigenvalue weighted by atomic mass is 10.1. The minimum atomic E-state index is -0.244. The van der Waals surface area contributed by atoms with Gasteiger partial charge in [-0.1, -0.05) is 18.2 Å². The van der Waals surface area contributed by atoms with Gasteiger partial charge in [-0.05, 0) is 36.4 Å². The smallest absolute Gasteiger partial charge is 0.248 e. The number of rotatable bonds is 6. The van der Waals surface area contributed by atoms with Gasteiger partial charge in [0.15, 0.2) is 0 Å². The lowest BCUT2D eigenvalue weighted by Gasteiger charge is -2.15. The number of amides is 2. The SMILES string of the molecule is CC(=O)N(C)c1ccc(NC(=O)/C=C/c2cn(CCC#N)c3ccccc23)cc1. The summed E-state index contributed by atoms with van der Waals surface area (Å²) in [6.07, 6.45) is 5.65. The minimum Gasteiger partial charge on any atom is -0.346 e. The van der Waals surface area contributed by atoms with E-state index in [2.05, 4.69) is 11.4 Å². The van der Waals surface area contributed by atoms with E-state index in [1.807, 2.05) is 35.0 Å². The molecule has 0 unspecified atom stereocenters. The number of carbonyl (C=O) groups excluding carboxylic acids is 2. The highest BCUT2D eigenvalue weighted by atomic mass is 16.2. The molecule has 0 radical (unpaired) electrons. The van der Waals surface area contributed by atoms with Gasteiger partial charge < -0.3 is 14.8 Å². The van der Waals surface area contributed by atoms with Crippen molar-refractivity contribution in [3.63, 3.8) is 0 Å². The van der Waals surface area contributed by atoms with Crippen LogP contribution in [-0.4, -0.2) is 23.4 Å². The molecule has 0 saturated heterocycles. The molecule has 1 N–H and O–H groups in total. The van der Waals surface area contributed by atoms with E-state index in [1.165, 1.54) is 17.9 Å². The zero-order chi connectivity index (χ0) is 20.8. The van der Waals surface area contributed by atoms with Crippen LogP contribution in [0.2, 0.25) is 0 Å². The first-order valence-corrected chi connectivity index (χ1v) is 9.28. The van der Waals surface area contributed by atoms with E-state index in [0.29, 0.717) is 18.7 Å². The number of aromatic nitrogens is 1. The highest BCUT2D eigenvalue weighted by Crippen LogP contribution is 2.23. The molecule has 1 heterocycles. The van der Waals surface area contributed by atoms with Crippen LogP contribution in [0, 0.1) is 11.3 Å². The maximum atomic E-state index is 12.3. The Hall–Kier alpha value is -3.85. The Kier molecular flexibility index (Phi) is 6.10. The third-order valence-electron chi connectivity index (χ3n) is 4.69. The molecular weight excluding hydrogens is 364 g/mol. The molecule has 0 spiro atoms. The second-order valence-electron chi connectivity index (χ2n) is 6.65. The van der Waals surface area contributed by atoms with E-state index < -0.39 is 0 Å². The van der Waals surface area contributed by atoms with Crippen LogP contribution in [0.5, 0.6) is 0 Å². The first-order chi connectivity index (χ1) is 14.0. The molecule has 6 nitrogen and oxygen atoms in total. The number of nitrogens with one attached hydrogen (secondary N) is 1. The predicted molar refractivity (Wildman–Crippen MR) is 115 cm³/mol. The van der Waals surface area contributed by atoms with Crippen molar-refractivity contribution in [3.05, 3.63) is 66.4 Å². The summed E-state index contributed by atoms with van der Waals surface area (Å²) in [6, 6.07) is 17.2. The standard InChI is InChI=1S/C23H22N4O2/c1-17(28)26(2)20-11-9-19(10-12-20)25-23(29)13-8-18-16-27(15-5-14-24)22-7-4-3-6-21(18)22/h3-4,6-13,16H,5,15H2,1-2H3,(H,25,29)/b13-8+. The molecule has 6 heteroatoms. The van der Waals surface area contributed by atoms with Crippen molar-refractivity contribution in [2.24, 2.45) is 0 Å². The van der Waals surface area contributed by atoms with Crippen LogP contribution in [0.15, 0.2) is 60.8 Å². The van der Waals surface area contributed by atoms with Crippen molar-refractivity contribution in [1.82, 2.24) is 4.57 Å². The van der Waals surface area contributed by atoms with Gasteiger partial charge in [0, 0.05) is 60.6 Å². The Morgan fingerprint density at radius 3 is 2.59 bits per heavy atom. The largest absolute Gasteiger partial charge is 0.346 e. The molecule has 2 aromatic carbocycles. The van der Waals surface area contributed by atoms with Crippen molar-refractivity contribution in [3.8, 4) is 6.07 Å². The molecule has 0 bridgehead atoms. The van der Waals surface area contributed by atoms with E-state index in [-0.39, 0.29) is 11.8 Å². The first-order valence-electron chi connectivity index (χ1n) is 9.28. The monoisotopic (exact) mass is 386 g/mol. The molecule has 3 aromatic rings. The van der Waals surface area contributed by atoms with Crippen LogP contribution in [0.1, 0.15) is 18.9 Å². The normalized spacial score (nSPS) is 10.8. The third-order valence-corrected chi connectivity index (χ3v) is 4.69. The number of aryl methyl sites for hydroxylation is 1. The average Bonchev–Trinajstić information content (AvgIpc) is 3.08. The molecule has 0 fully saturated rings. The zero-order valence-corrected chi connectivity index (χ0v) is 16.4. The molecule has 2 amide bonds. The lowest BCUT2D eigenvalue weighted by molar-refractivity contribution is -0.116. The number of hydrogen-bond acceptors (Lipinski definition) is 3. The molecule has 0 aliphatic rings. The Labute approximate surface area is 169 Å². The summed E-state index contributed by atoms with van der Waals surface area (Å²) in [6.45, 7) is 2.11. The summed E-state index contributed by atoms with van der Waals surface area (Å²) in [4.78, 5) is 25.3. The molecule has 0 aliphatic heterocycles. The van der Waals surface area contributed by atoms with Crippen LogP contribution in [0.25, 0.3) is 17.0 Å². The van der Waals surface area contributed by atoms with E-state index in [1.54, 1.807) is 37.4 Å². The quantitative estimate of drug-likeness (QED) is 0.645. The van der Waals surface area contributed by atoms with Gasteiger partial charge in [-0.15, -0.1) is 0 Å². The zero-order valence-electron chi connectivity index (χ0n) is 16.4. The number of para-hydroxylation sites is 1. The third kappa shape index (κ3) is 4.71. The molecule has 146 valence electrons. The molecule has 3 rings (SSSR count). The van der Waals surface area contributed by atoms with Crippen LogP contribution in [-0.2, 0) is 16.1 Å². The number of nitriles is 1. The number of carbonyl (C=O) groups is 2. The van der Waals surface area contributed by atoms with Gasteiger partial charge in [0.1, 0.15) is 0 Å². The highest BCUT2D eigenvalue weighted by Gasteiger charge is 2.07. The van der Waals surface area contributed by atoms with Crippen LogP contribution in [0.3, 0.4) is 0 Å². The van der Waals surface area contributed by atoms with Crippen molar-refractivity contribution >= 4 is 40.2 Å². The van der Waals surface area contributed by atoms with Crippen LogP contribution < -0.4 is 10.2 Å². The average molecular weight is 386 g/mol. The van der Waals surface area contributed by atoms with Gasteiger partial charge in [0.25, 0.3) is 0 Å². The molecule has 0 saturated carbocycles. The lowest BCUT2D eigenvalue weighted by Crippen LogP contribution is -2.22. The highest BCUT2D eigenvalue weighted by molar-refractivity contribution is 6.03. The van der Waals surface area contributed by atoms with Crippen LogP contribution in [0.4, 0.5) is 11.4 Å². The fourth-order valence-corrected chi connectivity index (χ4v) is 3.06. The number of anilines is 2. The van der Waals surface area contributed by atoms with Gasteiger partial charge in [-0.3, -0.25) is 9.59 Å². The Bertz CT molecular complexity index is 1100. The van der Waals surface area contributed by atoms with Crippen molar-refractivity contribution in [1.29, 1.82) is 5.26 Å². The van der Waals surface area contributed by atoms with Gasteiger partial charge in [0.2, 0.25) is 11.8 Å². The Balaban J connectivity index is 1.72. The van der Waals surface area contributed by atoms with E-state index in [4.69, 9.17) is 5.26 Å². The van der Waals surface area contributed by atoms with E-state index in [9.17, 15) is 9.59 Å². The fraction of sp³-hybridized carbons (Fsp3) is 0.174. The molecule has 1 aromatic heterocycles. The minimum absolute atomic E-state index is 0.0568. The summed E-state index contributed by atoms with van der Waals surface area (Å²) in [5, 5.41) is 12.7. The maximum absolute atomic E-state index is 12.3. The maximum Gasteiger partial charge on any atom is 0.248 e. The van der Waals surface area contributed by atoms with Crippen LogP contribution >= 0.6 is 0 Å². The van der Waals surface area contributed by atoms with Gasteiger partial charge in [-0.25, -0.2) is 0 Å². The van der Waals surface area contributed by atoms with E-state index in [0.717, 1.165) is 22.2 Å². The first kappa shape index (κ1) is 19.9. The summed E-state index contributed by atoms with van der Waals surface area (Å²) >= 11 is 0. The number of benzene rings is 2. The van der Waals surface area contributed by atoms with Gasteiger partial charge in [0.05, 0.1) is 12.5 Å². The topological polar surface area (TPSA) is 78.1 Å². The summed E-state index contributed by atoms with van der Waals surface area (Å²) in [5.74, 6) is -0.301. The van der Waals surface area contributed by atoms with Gasteiger partial charge in [-0.2, -0.15) is 5.26 Å². The van der Waals surface area contributed by atoms with Crippen molar-refractivity contribution in [2.45, 2.75) is 19.9 Å². The number of nitrogens with zero attached hydrogens (tertiary/aromatic N) is 3. The second kappa shape index (κ2) is 8.89. The molecule has 0 atom stereocenters. The molecular formula is C23H22N4O2. The predicted octanol–water partition coefficient (Wildman–Crippen LogP) is 4.19. The van der Waals surface area contributed by atoms with Gasteiger partial charge >= 0.3 is 0 Å². The fourth-order valence-electron chi connectivity index (χ4n) is 3.06. The number of fused-ring (bicyclic) bond motifs is 1. The molecule has 29 heavy (non-hydrogen) atoms. The van der Waals surface area contributed by atoms with Crippen molar-refractivity contribution < 1.29 is 9.59 Å². The number of hydrogen-bond donors (Lipinski definition) is 1.